The summed E-state index contributed by atoms with van der Waals surface area (Å²) in [6, 6.07) is 1.51. The van der Waals surface area contributed by atoms with Crippen LogP contribution in [0.4, 0.5) is 0 Å². The molecule has 0 heterocycles. The van der Waals surface area contributed by atoms with Gasteiger partial charge in [-0.15, -0.1) is 0 Å². The van der Waals surface area contributed by atoms with Crippen LogP contribution in [0.2, 0.25) is 0 Å². The summed E-state index contributed by atoms with van der Waals surface area (Å²) in [6.07, 6.45) is 10.7. The minimum atomic E-state index is -0.474. The van der Waals surface area contributed by atoms with Crippen LogP contribution in [0.5, 0.6) is 0 Å². The summed E-state index contributed by atoms with van der Waals surface area (Å²) < 4.78 is 0. The predicted molar refractivity (Wildman–Crippen MR) is 60.1 cm³/mol. The van der Waals surface area contributed by atoms with E-state index in [1.165, 1.54) is 38.2 Å². The van der Waals surface area contributed by atoms with Crippen molar-refractivity contribution in [3.8, 4) is 6.07 Å². The molecule has 0 aromatic heterocycles. The van der Waals surface area contributed by atoms with Gasteiger partial charge in [0.15, 0.2) is 0 Å². The average Bonchev–Trinajstić information content (AvgIpc) is 2.26. The maximum Gasteiger partial charge on any atom is 0.236 e. The van der Waals surface area contributed by atoms with Gasteiger partial charge in [-0.25, -0.2) is 4.79 Å². The van der Waals surface area contributed by atoms with Gasteiger partial charge in [0.2, 0.25) is 6.08 Å². The Bertz CT molecular complexity index is 226. The molecule has 0 saturated heterocycles. The number of nitrogens with zero attached hydrogens (tertiary/aromatic N) is 2. The molecule has 0 aliphatic carbocycles. The molecule has 15 heavy (non-hydrogen) atoms. The van der Waals surface area contributed by atoms with Gasteiger partial charge >= 0.3 is 0 Å². The molecular weight excluding hydrogens is 188 g/mol. The molecule has 3 nitrogen and oxygen atoms in total. The lowest BCUT2D eigenvalue weighted by molar-refractivity contribution is 0.547. The highest BCUT2D eigenvalue weighted by Gasteiger charge is 2.03. The monoisotopic (exact) mass is 208 g/mol. The fourth-order valence-electron chi connectivity index (χ4n) is 1.52. The number of hydrogen-bond donors (Lipinski definition) is 0. The van der Waals surface area contributed by atoms with Crippen LogP contribution >= 0.6 is 0 Å². The van der Waals surface area contributed by atoms with Crippen LogP contribution in [0, 0.1) is 11.3 Å². The van der Waals surface area contributed by atoms with Gasteiger partial charge in [0.1, 0.15) is 6.04 Å². The van der Waals surface area contributed by atoms with E-state index in [-0.39, 0.29) is 0 Å². The molecule has 0 bridgehead atoms. The Hall–Kier alpha value is -1.13. The third-order valence-electron chi connectivity index (χ3n) is 2.44. The summed E-state index contributed by atoms with van der Waals surface area (Å²) in [4.78, 5) is 13.4. The zero-order valence-corrected chi connectivity index (χ0v) is 9.54. The van der Waals surface area contributed by atoms with Gasteiger partial charge in [-0.1, -0.05) is 51.9 Å². The first-order chi connectivity index (χ1) is 7.35. The molecule has 84 valence electrons. The normalized spacial score (nSPS) is 11.5. The Morgan fingerprint density at radius 2 is 1.73 bits per heavy atom. The Balaban J connectivity index is 3.30. The summed E-state index contributed by atoms with van der Waals surface area (Å²) >= 11 is 0. The second kappa shape index (κ2) is 10.9. The second-order valence-electron chi connectivity index (χ2n) is 3.78. The molecule has 0 spiro atoms. The number of nitriles is 1. The average molecular weight is 208 g/mol. The molecule has 1 unspecified atom stereocenters. The van der Waals surface area contributed by atoms with Crippen LogP contribution in [0.3, 0.4) is 0 Å². The highest BCUT2D eigenvalue weighted by Crippen LogP contribution is 2.10. The lowest BCUT2D eigenvalue weighted by Crippen LogP contribution is -1.99. The molecule has 0 amide bonds. The van der Waals surface area contributed by atoms with Crippen molar-refractivity contribution in [3.05, 3.63) is 0 Å². The summed E-state index contributed by atoms with van der Waals surface area (Å²) in [5, 5.41) is 8.61. The summed E-state index contributed by atoms with van der Waals surface area (Å²) in [5.74, 6) is 0. The third kappa shape index (κ3) is 9.18. The quantitative estimate of drug-likeness (QED) is 0.331. The highest BCUT2D eigenvalue weighted by atomic mass is 16.1. The van der Waals surface area contributed by atoms with Gasteiger partial charge in [0, 0.05) is 0 Å². The van der Waals surface area contributed by atoms with Crippen LogP contribution in [0.25, 0.3) is 0 Å². The fraction of sp³-hybridized carbons (Fsp3) is 0.833. The molecule has 0 aromatic carbocycles. The van der Waals surface area contributed by atoms with Crippen LogP contribution in [-0.2, 0) is 4.79 Å². The van der Waals surface area contributed by atoms with Crippen LogP contribution in [0.1, 0.15) is 58.3 Å². The van der Waals surface area contributed by atoms with E-state index in [0.717, 1.165) is 12.8 Å². The van der Waals surface area contributed by atoms with E-state index in [9.17, 15) is 4.79 Å². The molecule has 1 atom stereocenters. The Labute approximate surface area is 92.2 Å². The number of hydrogen-bond acceptors (Lipinski definition) is 3. The number of carbonyl (C=O) groups excluding carboxylic acids is 1. The number of aliphatic imine (C=N–C) groups is 1. The zero-order chi connectivity index (χ0) is 11.4. The van der Waals surface area contributed by atoms with E-state index >= 15 is 0 Å². The van der Waals surface area contributed by atoms with E-state index in [1.807, 2.05) is 6.07 Å². The minimum absolute atomic E-state index is 0.474. The lowest BCUT2D eigenvalue weighted by atomic mass is 10.1. The molecule has 0 aliphatic rings. The van der Waals surface area contributed by atoms with Crippen LogP contribution in [-0.4, -0.2) is 12.1 Å². The molecule has 0 saturated carbocycles. The van der Waals surface area contributed by atoms with Crippen molar-refractivity contribution in [2.24, 2.45) is 4.99 Å². The summed E-state index contributed by atoms with van der Waals surface area (Å²) in [5.41, 5.74) is 0. The van der Waals surface area contributed by atoms with Gasteiger partial charge < -0.3 is 0 Å². The van der Waals surface area contributed by atoms with E-state index in [2.05, 4.69) is 11.9 Å². The predicted octanol–water partition coefficient (Wildman–Crippen LogP) is 3.36. The standard InChI is InChI=1S/C12H20N2O/c1-2-3-4-5-6-7-8-9-12(10-13)14-11-15/h12H,2-9H2,1H3. The molecule has 3 heteroatoms. The van der Waals surface area contributed by atoms with Crippen molar-refractivity contribution < 1.29 is 4.79 Å². The molecule has 0 aliphatic heterocycles. The van der Waals surface area contributed by atoms with Gasteiger partial charge in [-0.3, -0.25) is 0 Å². The molecule has 0 N–H and O–H groups in total. The molecule has 0 radical (unpaired) electrons. The van der Waals surface area contributed by atoms with Gasteiger partial charge in [0.05, 0.1) is 6.07 Å². The Morgan fingerprint density at radius 1 is 1.13 bits per heavy atom. The molecule has 0 aromatic rings. The van der Waals surface area contributed by atoms with Crippen molar-refractivity contribution >= 4 is 6.08 Å². The maximum atomic E-state index is 9.94. The van der Waals surface area contributed by atoms with Crippen LogP contribution < -0.4 is 0 Å². The smallest absolute Gasteiger partial charge is 0.211 e. The van der Waals surface area contributed by atoms with Crippen molar-refractivity contribution in [2.45, 2.75) is 64.3 Å². The van der Waals surface area contributed by atoms with E-state index < -0.39 is 6.04 Å². The Morgan fingerprint density at radius 3 is 2.27 bits per heavy atom. The maximum absolute atomic E-state index is 9.94. The van der Waals surface area contributed by atoms with E-state index in [4.69, 9.17) is 5.26 Å². The Kier molecular flexibility index (Phi) is 10.1. The van der Waals surface area contributed by atoms with Crippen molar-refractivity contribution in [1.82, 2.24) is 0 Å². The molecule has 0 fully saturated rings. The molecular formula is C12H20N2O. The number of rotatable bonds is 9. The van der Waals surface area contributed by atoms with Gasteiger partial charge in [-0.2, -0.15) is 10.3 Å². The lowest BCUT2D eigenvalue weighted by Gasteiger charge is -2.02. The van der Waals surface area contributed by atoms with Crippen LogP contribution in [0.15, 0.2) is 4.99 Å². The van der Waals surface area contributed by atoms with E-state index in [1.54, 1.807) is 0 Å². The second-order valence-corrected chi connectivity index (χ2v) is 3.78. The summed E-state index contributed by atoms with van der Waals surface area (Å²) in [6.45, 7) is 2.20. The zero-order valence-electron chi connectivity index (χ0n) is 9.54. The molecule has 0 rings (SSSR count). The van der Waals surface area contributed by atoms with Gasteiger partial charge in [-0.05, 0) is 6.42 Å². The topological polar surface area (TPSA) is 53.2 Å². The number of isocyanates is 1. The van der Waals surface area contributed by atoms with Crippen molar-refractivity contribution in [1.29, 1.82) is 5.26 Å². The highest BCUT2D eigenvalue weighted by molar-refractivity contribution is 5.34. The first kappa shape index (κ1) is 13.9. The van der Waals surface area contributed by atoms with Gasteiger partial charge in [0.25, 0.3) is 0 Å². The third-order valence-corrected chi connectivity index (χ3v) is 2.44. The first-order valence-corrected chi connectivity index (χ1v) is 5.81. The van der Waals surface area contributed by atoms with E-state index in [0.29, 0.717) is 6.42 Å². The first-order valence-electron chi connectivity index (χ1n) is 5.81. The van der Waals surface area contributed by atoms with Crippen molar-refractivity contribution in [2.75, 3.05) is 0 Å². The number of unbranched alkanes of at least 4 members (excludes halogenated alkanes) is 6. The fourth-order valence-corrected chi connectivity index (χ4v) is 1.52. The SMILES string of the molecule is CCCCCCCCCC(C#N)N=C=O. The largest absolute Gasteiger partial charge is 0.236 e. The summed E-state index contributed by atoms with van der Waals surface area (Å²) in [7, 11) is 0. The van der Waals surface area contributed by atoms with Crippen molar-refractivity contribution in [3.63, 3.8) is 0 Å². The minimum Gasteiger partial charge on any atom is -0.211 e.